The van der Waals surface area contributed by atoms with Crippen LogP contribution in [0.2, 0.25) is 0 Å². The van der Waals surface area contributed by atoms with E-state index in [2.05, 4.69) is 33.7 Å². The molecule has 96 valence electrons. The Morgan fingerprint density at radius 3 is 3.00 bits per heavy atom. The first kappa shape index (κ1) is 12.6. The molecule has 1 heterocycles. The summed E-state index contributed by atoms with van der Waals surface area (Å²) < 4.78 is 5.26. The molecule has 0 radical (unpaired) electrons. The van der Waals surface area contributed by atoms with Crippen LogP contribution in [0.4, 0.5) is 0 Å². The summed E-state index contributed by atoms with van der Waals surface area (Å²) in [6, 6.07) is 8.03. The zero-order valence-corrected chi connectivity index (χ0v) is 10.7. The van der Waals surface area contributed by atoms with Crippen molar-refractivity contribution in [3.8, 4) is 5.75 Å². The Balaban J connectivity index is 2.27. The van der Waals surface area contributed by atoms with E-state index in [4.69, 9.17) is 4.74 Å². The summed E-state index contributed by atoms with van der Waals surface area (Å²) in [6.45, 7) is 3.06. The number of aromatic nitrogens is 3. The molecule has 0 aliphatic rings. The number of nitrogens with zero attached hydrogens (tertiary/aromatic N) is 2. The summed E-state index contributed by atoms with van der Waals surface area (Å²) in [7, 11) is 1.67. The van der Waals surface area contributed by atoms with E-state index >= 15 is 0 Å². The maximum absolute atomic E-state index is 5.26. The fourth-order valence-corrected chi connectivity index (χ4v) is 1.85. The summed E-state index contributed by atoms with van der Waals surface area (Å²) in [6.07, 6.45) is 2.81. The van der Waals surface area contributed by atoms with Crippen molar-refractivity contribution in [3.63, 3.8) is 0 Å². The molecule has 1 aromatic heterocycles. The first-order valence-electron chi connectivity index (χ1n) is 6.08. The summed E-state index contributed by atoms with van der Waals surface area (Å²) in [5.74, 6) is 0.847. The average Bonchev–Trinajstić information content (AvgIpc) is 2.93. The number of H-pyrrole nitrogens is 1. The highest BCUT2D eigenvalue weighted by Gasteiger charge is 2.16. The number of rotatable bonds is 6. The summed E-state index contributed by atoms with van der Waals surface area (Å²) >= 11 is 0. The lowest BCUT2D eigenvalue weighted by Gasteiger charge is -2.17. The molecule has 5 heteroatoms. The number of nitrogens with one attached hydrogen (secondary N) is 2. The van der Waals surface area contributed by atoms with Crippen molar-refractivity contribution in [2.24, 2.45) is 0 Å². The molecule has 1 atom stereocenters. The highest BCUT2D eigenvalue weighted by molar-refractivity contribution is 5.33. The number of benzene rings is 1. The van der Waals surface area contributed by atoms with Gasteiger partial charge >= 0.3 is 0 Å². The van der Waals surface area contributed by atoms with Crippen molar-refractivity contribution in [3.05, 3.63) is 41.7 Å². The molecule has 1 aromatic carbocycles. The van der Waals surface area contributed by atoms with Crippen LogP contribution in [-0.2, 0) is 0 Å². The number of aromatic amines is 1. The topological polar surface area (TPSA) is 62.8 Å². The molecule has 0 saturated heterocycles. The van der Waals surface area contributed by atoms with Gasteiger partial charge in [0, 0.05) is 0 Å². The van der Waals surface area contributed by atoms with Crippen molar-refractivity contribution >= 4 is 0 Å². The van der Waals surface area contributed by atoms with Gasteiger partial charge in [-0.1, -0.05) is 19.1 Å². The van der Waals surface area contributed by atoms with E-state index in [1.54, 1.807) is 13.3 Å². The molecule has 1 unspecified atom stereocenters. The SMILES string of the molecule is CCCNC(c1cccc(OC)c1)c1cn[nH]n1. The first-order chi connectivity index (χ1) is 8.85. The predicted octanol–water partition coefficient (Wildman–Crippen LogP) is 1.90. The first-order valence-corrected chi connectivity index (χ1v) is 6.08. The van der Waals surface area contributed by atoms with Crippen LogP contribution in [0.1, 0.15) is 30.6 Å². The average molecular weight is 246 g/mol. The van der Waals surface area contributed by atoms with Crippen LogP contribution < -0.4 is 10.1 Å². The van der Waals surface area contributed by atoms with Crippen LogP contribution in [0, 0.1) is 0 Å². The third-order valence-corrected chi connectivity index (χ3v) is 2.76. The number of methoxy groups -OCH3 is 1. The van der Waals surface area contributed by atoms with E-state index < -0.39 is 0 Å². The zero-order valence-electron chi connectivity index (χ0n) is 10.7. The Kier molecular flexibility index (Phi) is 4.30. The predicted molar refractivity (Wildman–Crippen MR) is 69.5 cm³/mol. The lowest BCUT2D eigenvalue weighted by Crippen LogP contribution is -2.23. The van der Waals surface area contributed by atoms with Crippen LogP contribution in [0.5, 0.6) is 5.75 Å². The van der Waals surface area contributed by atoms with Gasteiger partial charge in [-0.15, -0.1) is 0 Å². The molecular weight excluding hydrogens is 228 g/mol. The van der Waals surface area contributed by atoms with Gasteiger partial charge in [-0.3, -0.25) is 0 Å². The van der Waals surface area contributed by atoms with Gasteiger partial charge in [0.25, 0.3) is 0 Å². The molecule has 0 fully saturated rings. The van der Waals surface area contributed by atoms with Crippen molar-refractivity contribution in [1.29, 1.82) is 0 Å². The van der Waals surface area contributed by atoms with E-state index in [0.717, 1.165) is 30.0 Å². The smallest absolute Gasteiger partial charge is 0.119 e. The minimum Gasteiger partial charge on any atom is -0.497 e. The zero-order chi connectivity index (χ0) is 12.8. The van der Waals surface area contributed by atoms with E-state index in [0.29, 0.717) is 0 Å². The second kappa shape index (κ2) is 6.16. The van der Waals surface area contributed by atoms with Crippen LogP contribution in [0.3, 0.4) is 0 Å². The van der Waals surface area contributed by atoms with E-state index in [-0.39, 0.29) is 6.04 Å². The minimum absolute atomic E-state index is 0.0406. The van der Waals surface area contributed by atoms with Crippen molar-refractivity contribution in [2.75, 3.05) is 13.7 Å². The molecule has 0 aliphatic heterocycles. The largest absolute Gasteiger partial charge is 0.497 e. The monoisotopic (exact) mass is 246 g/mol. The van der Waals surface area contributed by atoms with Gasteiger partial charge in [-0.25, -0.2) is 0 Å². The van der Waals surface area contributed by atoms with E-state index in [1.165, 1.54) is 0 Å². The normalized spacial score (nSPS) is 12.3. The van der Waals surface area contributed by atoms with Gasteiger partial charge in [0.05, 0.1) is 19.3 Å². The Morgan fingerprint density at radius 2 is 2.33 bits per heavy atom. The molecule has 2 N–H and O–H groups in total. The third kappa shape index (κ3) is 2.87. The highest BCUT2D eigenvalue weighted by Crippen LogP contribution is 2.23. The maximum atomic E-state index is 5.26. The van der Waals surface area contributed by atoms with Gasteiger partial charge in [0.2, 0.25) is 0 Å². The van der Waals surface area contributed by atoms with Gasteiger partial charge in [0.1, 0.15) is 11.4 Å². The van der Waals surface area contributed by atoms with E-state index in [9.17, 15) is 0 Å². The second-order valence-corrected chi connectivity index (χ2v) is 4.06. The molecule has 0 amide bonds. The molecule has 5 nitrogen and oxygen atoms in total. The summed E-state index contributed by atoms with van der Waals surface area (Å²) in [5.41, 5.74) is 2.01. The lowest BCUT2D eigenvalue weighted by molar-refractivity contribution is 0.413. The fraction of sp³-hybridized carbons (Fsp3) is 0.385. The second-order valence-electron chi connectivity index (χ2n) is 4.06. The van der Waals surface area contributed by atoms with Crippen LogP contribution in [0.15, 0.2) is 30.5 Å². The minimum atomic E-state index is 0.0406. The van der Waals surface area contributed by atoms with E-state index in [1.807, 2.05) is 18.2 Å². The van der Waals surface area contributed by atoms with Gasteiger partial charge in [-0.2, -0.15) is 15.4 Å². The van der Waals surface area contributed by atoms with Crippen molar-refractivity contribution in [1.82, 2.24) is 20.7 Å². The number of hydrogen-bond donors (Lipinski definition) is 2. The van der Waals surface area contributed by atoms with Crippen molar-refractivity contribution in [2.45, 2.75) is 19.4 Å². The molecule has 2 aromatic rings. The Bertz CT molecular complexity index is 470. The highest BCUT2D eigenvalue weighted by atomic mass is 16.5. The van der Waals surface area contributed by atoms with Gasteiger partial charge in [0.15, 0.2) is 0 Å². The molecule has 0 spiro atoms. The molecule has 0 aliphatic carbocycles. The maximum Gasteiger partial charge on any atom is 0.119 e. The van der Waals surface area contributed by atoms with Gasteiger partial charge < -0.3 is 10.1 Å². The molecule has 18 heavy (non-hydrogen) atoms. The molecular formula is C13H18N4O. The van der Waals surface area contributed by atoms with Crippen LogP contribution >= 0.6 is 0 Å². The number of ether oxygens (including phenoxy) is 1. The molecule has 2 rings (SSSR count). The molecule has 0 bridgehead atoms. The fourth-order valence-electron chi connectivity index (χ4n) is 1.85. The lowest BCUT2D eigenvalue weighted by atomic mass is 10.0. The Morgan fingerprint density at radius 1 is 1.44 bits per heavy atom. The standard InChI is InChI=1S/C13H18N4O/c1-3-7-14-13(12-9-15-17-16-12)10-5-4-6-11(8-10)18-2/h4-6,8-9,13-14H,3,7H2,1-2H3,(H,15,16,17). The molecule has 0 saturated carbocycles. The number of hydrogen-bond acceptors (Lipinski definition) is 4. The van der Waals surface area contributed by atoms with Crippen LogP contribution in [-0.4, -0.2) is 29.1 Å². The van der Waals surface area contributed by atoms with Crippen molar-refractivity contribution < 1.29 is 4.74 Å². The summed E-state index contributed by atoms with van der Waals surface area (Å²) in [4.78, 5) is 0. The Labute approximate surface area is 107 Å². The van der Waals surface area contributed by atoms with Crippen LogP contribution in [0.25, 0.3) is 0 Å². The Hall–Kier alpha value is -1.88. The summed E-state index contributed by atoms with van der Waals surface area (Å²) in [5, 5.41) is 14.1. The van der Waals surface area contributed by atoms with Gasteiger partial charge in [-0.05, 0) is 30.7 Å². The quantitative estimate of drug-likeness (QED) is 0.817. The third-order valence-electron chi connectivity index (χ3n) is 2.76.